The first-order valence-electron chi connectivity index (χ1n) is 6.70. The molecular weight excluding hydrogens is 352 g/mol. The topological polar surface area (TPSA) is 52.6 Å². The summed E-state index contributed by atoms with van der Waals surface area (Å²) >= 11 is 5.28. The molecule has 1 aromatic heterocycles. The fourth-order valence-electron chi connectivity index (χ4n) is 2.45. The SMILES string of the molecule is CCN(Cc1cccs1)c1cc2c(cc1Br)C(O)C(=O)N2. The van der Waals surface area contributed by atoms with Crippen LogP contribution in [-0.2, 0) is 11.3 Å². The number of fused-ring (bicyclic) bond motifs is 1. The van der Waals surface area contributed by atoms with Gasteiger partial charge in [-0.25, -0.2) is 0 Å². The molecular formula is C15H15BrN2O2S. The molecule has 4 nitrogen and oxygen atoms in total. The van der Waals surface area contributed by atoms with E-state index in [2.05, 4.69) is 44.5 Å². The molecule has 1 atom stereocenters. The molecule has 1 unspecified atom stereocenters. The minimum atomic E-state index is -1.07. The molecule has 6 heteroatoms. The third-order valence-electron chi connectivity index (χ3n) is 3.57. The van der Waals surface area contributed by atoms with Crippen molar-refractivity contribution < 1.29 is 9.90 Å². The Kier molecular flexibility index (Phi) is 4.01. The van der Waals surface area contributed by atoms with E-state index in [-0.39, 0.29) is 5.91 Å². The third kappa shape index (κ3) is 2.71. The van der Waals surface area contributed by atoms with Crippen molar-refractivity contribution in [3.63, 3.8) is 0 Å². The highest BCUT2D eigenvalue weighted by molar-refractivity contribution is 9.10. The molecule has 0 radical (unpaired) electrons. The number of thiophene rings is 1. The minimum Gasteiger partial charge on any atom is -0.378 e. The van der Waals surface area contributed by atoms with E-state index in [0.29, 0.717) is 11.3 Å². The number of amides is 1. The van der Waals surface area contributed by atoms with Gasteiger partial charge in [0.1, 0.15) is 0 Å². The highest BCUT2D eigenvalue weighted by Gasteiger charge is 2.30. The van der Waals surface area contributed by atoms with Gasteiger partial charge in [-0.15, -0.1) is 11.3 Å². The monoisotopic (exact) mass is 366 g/mol. The molecule has 21 heavy (non-hydrogen) atoms. The fraction of sp³-hybridized carbons (Fsp3) is 0.267. The van der Waals surface area contributed by atoms with Crippen molar-refractivity contribution in [1.82, 2.24) is 0 Å². The summed E-state index contributed by atoms with van der Waals surface area (Å²) in [6, 6.07) is 7.90. The molecule has 2 heterocycles. The van der Waals surface area contributed by atoms with Crippen molar-refractivity contribution >= 4 is 44.5 Å². The fourth-order valence-corrected chi connectivity index (χ4v) is 3.79. The van der Waals surface area contributed by atoms with Gasteiger partial charge in [0.05, 0.1) is 12.2 Å². The number of hydrogen-bond donors (Lipinski definition) is 2. The largest absolute Gasteiger partial charge is 0.378 e. The smallest absolute Gasteiger partial charge is 0.257 e. The summed E-state index contributed by atoms with van der Waals surface area (Å²) in [5, 5.41) is 14.6. The zero-order valence-corrected chi connectivity index (χ0v) is 13.9. The van der Waals surface area contributed by atoms with Crippen LogP contribution < -0.4 is 10.2 Å². The lowest BCUT2D eigenvalue weighted by Gasteiger charge is -2.24. The Morgan fingerprint density at radius 1 is 1.48 bits per heavy atom. The predicted molar refractivity (Wildman–Crippen MR) is 88.8 cm³/mol. The Labute approximate surface area is 135 Å². The van der Waals surface area contributed by atoms with Crippen LogP contribution in [0.3, 0.4) is 0 Å². The number of aliphatic hydroxyl groups excluding tert-OH is 1. The average molecular weight is 367 g/mol. The first kappa shape index (κ1) is 14.6. The van der Waals surface area contributed by atoms with E-state index >= 15 is 0 Å². The Bertz CT molecular complexity index is 673. The molecule has 110 valence electrons. The number of rotatable bonds is 4. The van der Waals surface area contributed by atoms with Crippen LogP contribution in [0.5, 0.6) is 0 Å². The van der Waals surface area contributed by atoms with Crippen LogP contribution in [0.2, 0.25) is 0 Å². The Morgan fingerprint density at radius 3 is 2.95 bits per heavy atom. The average Bonchev–Trinajstić information content (AvgIpc) is 3.06. The maximum absolute atomic E-state index is 11.6. The lowest BCUT2D eigenvalue weighted by Crippen LogP contribution is -2.22. The number of aliphatic hydroxyl groups is 1. The van der Waals surface area contributed by atoms with Crippen LogP contribution in [-0.4, -0.2) is 17.6 Å². The van der Waals surface area contributed by atoms with Crippen LogP contribution >= 0.6 is 27.3 Å². The molecule has 0 saturated heterocycles. The maximum Gasteiger partial charge on any atom is 0.257 e. The van der Waals surface area contributed by atoms with Crippen LogP contribution in [0.4, 0.5) is 11.4 Å². The van der Waals surface area contributed by atoms with Crippen molar-refractivity contribution in [2.75, 3.05) is 16.8 Å². The zero-order chi connectivity index (χ0) is 15.0. The predicted octanol–water partition coefficient (Wildman–Crippen LogP) is 3.52. The first-order valence-corrected chi connectivity index (χ1v) is 8.37. The van der Waals surface area contributed by atoms with Crippen molar-refractivity contribution in [2.24, 2.45) is 0 Å². The van der Waals surface area contributed by atoms with Gasteiger partial charge in [0.15, 0.2) is 6.10 Å². The second-order valence-corrected chi connectivity index (χ2v) is 6.76. The maximum atomic E-state index is 11.6. The second-order valence-electron chi connectivity index (χ2n) is 4.88. The zero-order valence-electron chi connectivity index (χ0n) is 11.5. The van der Waals surface area contributed by atoms with Gasteiger partial charge in [-0.3, -0.25) is 4.79 Å². The minimum absolute atomic E-state index is 0.365. The molecule has 0 fully saturated rings. The first-order chi connectivity index (χ1) is 10.1. The number of anilines is 2. The molecule has 2 aromatic rings. The quantitative estimate of drug-likeness (QED) is 0.870. The molecule has 0 aliphatic carbocycles. The number of carbonyl (C=O) groups is 1. The van der Waals surface area contributed by atoms with E-state index in [0.717, 1.165) is 23.2 Å². The molecule has 1 aromatic carbocycles. The number of carbonyl (C=O) groups excluding carboxylic acids is 1. The van der Waals surface area contributed by atoms with E-state index in [1.165, 1.54) is 4.88 Å². The van der Waals surface area contributed by atoms with E-state index < -0.39 is 6.10 Å². The van der Waals surface area contributed by atoms with Gasteiger partial charge in [0.25, 0.3) is 5.91 Å². The molecule has 0 spiro atoms. The standard InChI is InChI=1S/C15H15BrN2O2S/c1-2-18(8-9-4-3-5-21-9)13-7-12-10(6-11(13)16)14(19)15(20)17-12/h3-7,14,19H,2,8H2,1H3,(H,17,20). The van der Waals surface area contributed by atoms with E-state index in [4.69, 9.17) is 0 Å². The second kappa shape index (κ2) is 5.79. The Morgan fingerprint density at radius 2 is 2.29 bits per heavy atom. The highest BCUT2D eigenvalue weighted by Crippen LogP contribution is 2.39. The highest BCUT2D eigenvalue weighted by atomic mass is 79.9. The van der Waals surface area contributed by atoms with Gasteiger partial charge in [0, 0.05) is 27.1 Å². The Balaban J connectivity index is 1.94. The number of halogens is 1. The molecule has 0 saturated carbocycles. The summed E-state index contributed by atoms with van der Waals surface area (Å²) in [5.74, 6) is -0.365. The van der Waals surface area contributed by atoms with Crippen LogP contribution in [0.25, 0.3) is 0 Å². The summed E-state index contributed by atoms with van der Waals surface area (Å²) in [4.78, 5) is 15.1. The van der Waals surface area contributed by atoms with Crippen molar-refractivity contribution in [3.8, 4) is 0 Å². The van der Waals surface area contributed by atoms with Gasteiger partial charge in [-0.2, -0.15) is 0 Å². The van der Waals surface area contributed by atoms with Crippen LogP contribution in [0.1, 0.15) is 23.5 Å². The third-order valence-corrected chi connectivity index (χ3v) is 5.07. The number of nitrogens with one attached hydrogen (secondary N) is 1. The molecule has 3 rings (SSSR count). The molecule has 1 aliphatic rings. The van der Waals surface area contributed by atoms with E-state index in [9.17, 15) is 9.90 Å². The summed E-state index contributed by atoms with van der Waals surface area (Å²) in [7, 11) is 0. The van der Waals surface area contributed by atoms with Gasteiger partial charge < -0.3 is 15.3 Å². The number of benzene rings is 1. The van der Waals surface area contributed by atoms with Gasteiger partial charge in [-0.05, 0) is 46.4 Å². The molecule has 2 N–H and O–H groups in total. The lowest BCUT2D eigenvalue weighted by atomic mass is 10.1. The van der Waals surface area contributed by atoms with Crippen molar-refractivity contribution in [2.45, 2.75) is 19.6 Å². The molecule has 1 amide bonds. The van der Waals surface area contributed by atoms with Gasteiger partial charge >= 0.3 is 0 Å². The lowest BCUT2D eigenvalue weighted by molar-refractivity contribution is -0.123. The summed E-state index contributed by atoms with van der Waals surface area (Å²) < 4.78 is 0.884. The van der Waals surface area contributed by atoms with E-state index in [1.807, 2.05) is 18.2 Å². The number of hydrogen-bond acceptors (Lipinski definition) is 4. The van der Waals surface area contributed by atoms with Crippen molar-refractivity contribution in [1.29, 1.82) is 0 Å². The molecule has 0 bridgehead atoms. The summed E-state index contributed by atoms with van der Waals surface area (Å²) in [6.45, 7) is 3.77. The Hall–Kier alpha value is -1.37. The van der Waals surface area contributed by atoms with E-state index in [1.54, 1.807) is 11.3 Å². The van der Waals surface area contributed by atoms with Gasteiger partial charge in [-0.1, -0.05) is 6.07 Å². The normalized spacial score (nSPS) is 16.7. The van der Waals surface area contributed by atoms with Crippen molar-refractivity contribution in [3.05, 3.63) is 44.6 Å². The molecule has 1 aliphatic heterocycles. The van der Waals surface area contributed by atoms with Crippen LogP contribution in [0, 0.1) is 0 Å². The number of nitrogens with zero attached hydrogens (tertiary/aromatic N) is 1. The van der Waals surface area contributed by atoms with Crippen LogP contribution in [0.15, 0.2) is 34.1 Å². The van der Waals surface area contributed by atoms with Gasteiger partial charge in [0.2, 0.25) is 0 Å². The summed E-state index contributed by atoms with van der Waals surface area (Å²) in [6.07, 6.45) is -1.07. The summed E-state index contributed by atoms with van der Waals surface area (Å²) in [5.41, 5.74) is 2.33.